The van der Waals surface area contributed by atoms with Crippen molar-refractivity contribution < 1.29 is 17.9 Å². The second-order valence-corrected chi connectivity index (χ2v) is 9.26. The summed E-state index contributed by atoms with van der Waals surface area (Å²) in [6.07, 6.45) is 1.78. The Kier molecular flexibility index (Phi) is 4.57. The zero-order valence-electron chi connectivity index (χ0n) is 12.4. The van der Waals surface area contributed by atoms with E-state index in [4.69, 9.17) is 4.74 Å². The van der Waals surface area contributed by atoms with E-state index in [-0.39, 0.29) is 22.1 Å². The maximum Gasteiger partial charge on any atom is 0.410 e. The Morgan fingerprint density at radius 2 is 2.24 bits per heavy atom. The van der Waals surface area contributed by atoms with Crippen LogP contribution >= 0.6 is 11.3 Å². The summed E-state index contributed by atoms with van der Waals surface area (Å²) < 4.78 is 29.8. The van der Waals surface area contributed by atoms with Gasteiger partial charge in [-0.25, -0.2) is 18.2 Å². The summed E-state index contributed by atoms with van der Waals surface area (Å²) in [6, 6.07) is 0. The molecule has 1 aliphatic heterocycles. The minimum atomic E-state index is -3.36. The number of nitrogens with zero attached hydrogens (tertiary/aromatic N) is 2. The van der Waals surface area contributed by atoms with Crippen molar-refractivity contribution in [2.24, 2.45) is 5.92 Å². The Bertz CT molecular complexity index is 590. The minimum absolute atomic E-state index is 0.0276. The van der Waals surface area contributed by atoms with Crippen molar-refractivity contribution in [2.45, 2.75) is 37.1 Å². The summed E-state index contributed by atoms with van der Waals surface area (Å²) >= 11 is 1.12. The zero-order valence-corrected chi connectivity index (χ0v) is 14.0. The molecule has 0 aromatic carbocycles. The maximum atomic E-state index is 12.2. The Morgan fingerprint density at radius 3 is 2.81 bits per heavy atom. The first kappa shape index (κ1) is 16.2. The van der Waals surface area contributed by atoms with Crippen molar-refractivity contribution in [3.8, 4) is 0 Å². The Balaban J connectivity index is 1.93. The highest BCUT2D eigenvalue weighted by atomic mass is 32.2. The molecular weight excluding hydrogens is 312 g/mol. The van der Waals surface area contributed by atoms with E-state index in [2.05, 4.69) is 4.98 Å². The average Bonchev–Trinajstić information content (AvgIpc) is 2.95. The van der Waals surface area contributed by atoms with Gasteiger partial charge in [-0.05, 0) is 33.1 Å². The van der Waals surface area contributed by atoms with Crippen LogP contribution in [0.1, 0.15) is 27.2 Å². The van der Waals surface area contributed by atoms with E-state index in [1.54, 1.807) is 10.3 Å². The summed E-state index contributed by atoms with van der Waals surface area (Å²) in [7, 11) is -3.36. The van der Waals surface area contributed by atoms with Crippen molar-refractivity contribution in [1.82, 2.24) is 9.88 Å². The molecule has 0 saturated carbocycles. The van der Waals surface area contributed by atoms with Gasteiger partial charge in [0.05, 0.1) is 5.75 Å². The molecule has 1 aliphatic rings. The van der Waals surface area contributed by atoms with E-state index >= 15 is 0 Å². The molecule has 2 rings (SSSR count). The number of carbonyl (C=O) groups is 1. The van der Waals surface area contributed by atoms with Crippen molar-refractivity contribution in [2.75, 3.05) is 18.8 Å². The molecule has 1 fully saturated rings. The van der Waals surface area contributed by atoms with E-state index in [1.165, 1.54) is 6.20 Å². The number of rotatable bonds is 3. The van der Waals surface area contributed by atoms with Crippen molar-refractivity contribution in [3.05, 3.63) is 11.6 Å². The van der Waals surface area contributed by atoms with Crippen LogP contribution in [0.25, 0.3) is 0 Å². The quantitative estimate of drug-likeness (QED) is 0.848. The SMILES string of the molecule is CC(C)(C)OC(=O)N1CC[C@@H](CS(=O)(=O)c2nccs2)C1. The number of hydrogen-bond donors (Lipinski definition) is 0. The number of likely N-dealkylation sites (tertiary alicyclic amines) is 1. The first-order chi connectivity index (χ1) is 9.67. The van der Waals surface area contributed by atoms with Gasteiger partial charge in [-0.3, -0.25) is 0 Å². The Hall–Kier alpha value is -1.15. The average molecular weight is 332 g/mol. The van der Waals surface area contributed by atoms with Crippen LogP contribution in [0, 0.1) is 5.92 Å². The number of amides is 1. The van der Waals surface area contributed by atoms with Crippen molar-refractivity contribution in [1.29, 1.82) is 0 Å². The first-order valence-electron chi connectivity index (χ1n) is 6.77. The summed E-state index contributed by atoms with van der Waals surface area (Å²) in [5.41, 5.74) is -0.540. The van der Waals surface area contributed by atoms with Gasteiger partial charge in [0, 0.05) is 24.7 Å². The topological polar surface area (TPSA) is 76.6 Å². The van der Waals surface area contributed by atoms with Crippen LogP contribution in [-0.2, 0) is 14.6 Å². The van der Waals surface area contributed by atoms with Gasteiger partial charge < -0.3 is 9.64 Å². The van der Waals surface area contributed by atoms with Crippen molar-refractivity contribution >= 4 is 27.3 Å². The van der Waals surface area contributed by atoms with Gasteiger partial charge in [0.2, 0.25) is 14.2 Å². The zero-order chi connectivity index (χ0) is 15.7. The predicted octanol–water partition coefficient (Wildman–Crippen LogP) is 2.17. The molecule has 0 unspecified atom stereocenters. The number of carbonyl (C=O) groups excluding carboxylic acids is 1. The normalized spacial score (nSPS) is 19.8. The Labute approximate surface area is 129 Å². The van der Waals surface area contributed by atoms with Gasteiger partial charge in [0.15, 0.2) is 0 Å². The molecule has 1 aromatic heterocycles. The number of aromatic nitrogens is 1. The van der Waals surface area contributed by atoms with Gasteiger partial charge in [-0.2, -0.15) is 0 Å². The summed E-state index contributed by atoms with van der Waals surface area (Å²) in [6.45, 7) is 6.38. The fourth-order valence-electron chi connectivity index (χ4n) is 2.21. The molecule has 8 heteroatoms. The molecule has 1 atom stereocenters. The molecule has 21 heavy (non-hydrogen) atoms. The largest absolute Gasteiger partial charge is 0.444 e. The van der Waals surface area contributed by atoms with Crippen LogP contribution in [0.5, 0.6) is 0 Å². The number of ether oxygens (including phenoxy) is 1. The van der Waals surface area contributed by atoms with Gasteiger partial charge in [0.1, 0.15) is 5.60 Å². The molecular formula is C13H20N2O4S2. The minimum Gasteiger partial charge on any atom is -0.444 e. The van der Waals surface area contributed by atoms with Crippen LogP contribution in [0.3, 0.4) is 0 Å². The lowest BCUT2D eigenvalue weighted by atomic mass is 10.2. The highest BCUT2D eigenvalue weighted by Crippen LogP contribution is 2.24. The second kappa shape index (κ2) is 5.92. The lowest BCUT2D eigenvalue weighted by molar-refractivity contribution is 0.0289. The molecule has 118 valence electrons. The number of sulfone groups is 1. The molecule has 0 aliphatic carbocycles. The van der Waals surface area contributed by atoms with Crippen LogP contribution in [0.15, 0.2) is 15.9 Å². The standard InChI is InChI=1S/C13H20N2O4S2/c1-13(2,3)19-12(16)15-6-4-10(8-15)9-21(17,18)11-14-5-7-20-11/h5,7,10H,4,6,8-9H2,1-3H3/t10-/m1/s1. The van der Waals surface area contributed by atoms with E-state index in [0.717, 1.165) is 11.3 Å². The molecule has 0 N–H and O–H groups in total. The van der Waals surface area contributed by atoms with E-state index in [0.29, 0.717) is 19.5 Å². The highest BCUT2D eigenvalue weighted by molar-refractivity contribution is 7.93. The highest BCUT2D eigenvalue weighted by Gasteiger charge is 2.33. The second-order valence-electron chi connectivity index (χ2n) is 6.16. The maximum absolute atomic E-state index is 12.2. The molecule has 1 amide bonds. The first-order valence-corrected chi connectivity index (χ1v) is 9.31. The van der Waals surface area contributed by atoms with Crippen LogP contribution in [-0.4, -0.2) is 48.8 Å². The van der Waals surface area contributed by atoms with Crippen LogP contribution < -0.4 is 0 Å². The number of hydrogen-bond acceptors (Lipinski definition) is 6. The molecule has 1 aromatic rings. The van der Waals surface area contributed by atoms with Gasteiger partial charge in [-0.1, -0.05) is 0 Å². The third-order valence-electron chi connectivity index (χ3n) is 3.07. The number of thiazole rings is 1. The molecule has 2 heterocycles. The van der Waals surface area contributed by atoms with Gasteiger partial charge >= 0.3 is 6.09 Å². The lowest BCUT2D eigenvalue weighted by Crippen LogP contribution is -2.35. The third-order valence-corrected chi connectivity index (χ3v) is 6.23. The van der Waals surface area contributed by atoms with Crippen molar-refractivity contribution in [3.63, 3.8) is 0 Å². The fourth-order valence-corrected chi connectivity index (χ4v) is 4.78. The van der Waals surface area contributed by atoms with Crippen LogP contribution in [0.2, 0.25) is 0 Å². The predicted molar refractivity (Wildman–Crippen MR) is 80.1 cm³/mol. The monoisotopic (exact) mass is 332 g/mol. The van der Waals surface area contributed by atoms with Gasteiger partial charge in [-0.15, -0.1) is 11.3 Å². The molecule has 0 bridgehead atoms. The summed E-state index contributed by atoms with van der Waals surface area (Å²) in [5.74, 6) is -0.0359. The molecule has 1 saturated heterocycles. The molecule has 6 nitrogen and oxygen atoms in total. The summed E-state index contributed by atoms with van der Waals surface area (Å²) in [4.78, 5) is 17.4. The van der Waals surface area contributed by atoms with Gasteiger partial charge in [0.25, 0.3) is 0 Å². The van der Waals surface area contributed by atoms with E-state index in [1.807, 2.05) is 20.8 Å². The Morgan fingerprint density at radius 1 is 1.52 bits per heavy atom. The fraction of sp³-hybridized carbons (Fsp3) is 0.692. The third kappa shape index (κ3) is 4.41. The molecule has 0 spiro atoms. The smallest absolute Gasteiger partial charge is 0.410 e. The van der Waals surface area contributed by atoms with E-state index in [9.17, 15) is 13.2 Å². The lowest BCUT2D eigenvalue weighted by Gasteiger charge is -2.24. The molecule has 0 radical (unpaired) electrons. The summed E-state index contributed by atoms with van der Waals surface area (Å²) in [5, 5.41) is 1.65. The van der Waals surface area contributed by atoms with E-state index < -0.39 is 15.4 Å². The van der Waals surface area contributed by atoms with Crippen LogP contribution in [0.4, 0.5) is 4.79 Å².